The number of hydrogen-bond donors (Lipinski definition) is 2. The first-order chi connectivity index (χ1) is 2.00. The molecule has 0 fully saturated rings. The van der Waals surface area contributed by atoms with E-state index in [2.05, 4.69) is 0 Å². The molecule has 0 aliphatic carbocycles. The predicted octanol–water partition coefficient (Wildman–Crippen LogP) is 0.892. The summed E-state index contributed by atoms with van der Waals surface area (Å²) in [6.45, 7) is 0. The second-order valence-corrected chi connectivity index (χ2v) is 1.42. The highest BCUT2D eigenvalue weighted by molar-refractivity contribution is 7.45. The van der Waals surface area contributed by atoms with E-state index in [1.165, 1.54) is 0 Å². The van der Waals surface area contributed by atoms with Crippen LogP contribution in [0.4, 0.5) is 4.20 Å². The van der Waals surface area contributed by atoms with Gasteiger partial charge in [0.2, 0.25) is 0 Å². The molecule has 48 valence electrons. The van der Waals surface area contributed by atoms with E-state index >= 15 is 0 Å². The van der Waals surface area contributed by atoms with Crippen LogP contribution in [0.25, 0.3) is 0 Å². The van der Waals surface area contributed by atoms with Crippen molar-refractivity contribution in [2.24, 2.45) is 0 Å². The Bertz CT molecular complexity index is 59.1. The third-order valence-corrected chi connectivity index (χ3v) is 0. The van der Waals surface area contributed by atoms with Crippen LogP contribution in [-0.4, -0.2) is 9.79 Å². The minimum atomic E-state index is -5.14. The lowest BCUT2D eigenvalue weighted by Gasteiger charge is -1.77. The lowest BCUT2D eigenvalue weighted by Crippen LogP contribution is -1.56. The minimum absolute atomic E-state index is 0. The minimum Gasteiger partial charge on any atom is -0.299 e. The SMILES string of the molecule is Cl.Cl.O=P(O)(O)F. The van der Waals surface area contributed by atoms with Crippen LogP contribution in [0, 0.1) is 0 Å². The van der Waals surface area contributed by atoms with Gasteiger partial charge in [-0.25, -0.2) is 4.57 Å². The van der Waals surface area contributed by atoms with Gasteiger partial charge in [-0.05, 0) is 0 Å². The molecule has 0 aliphatic rings. The maximum atomic E-state index is 10.4. The Hall–Kier alpha value is 0.660. The lowest BCUT2D eigenvalue weighted by atomic mass is 15.8. The average Bonchev–Trinajstić information content (AvgIpc) is 0.722. The van der Waals surface area contributed by atoms with Gasteiger partial charge < -0.3 is 0 Å². The average molecular weight is 173 g/mol. The van der Waals surface area contributed by atoms with Crippen molar-refractivity contribution in [3.05, 3.63) is 0 Å². The molecule has 3 nitrogen and oxygen atoms in total. The summed E-state index contributed by atoms with van der Waals surface area (Å²) in [6.07, 6.45) is 0. The molecule has 0 unspecified atom stereocenters. The second kappa shape index (κ2) is 4.81. The highest BCUT2D eigenvalue weighted by Crippen LogP contribution is 2.34. The first-order valence-corrected chi connectivity index (χ1v) is 2.25. The molecule has 0 amide bonds. The molecule has 0 saturated heterocycles. The van der Waals surface area contributed by atoms with Crippen LogP contribution >= 0.6 is 32.7 Å². The molecule has 0 radical (unpaired) electrons. The van der Waals surface area contributed by atoms with Crippen LogP contribution in [0.2, 0.25) is 0 Å². The van der Waals surface area contributed by atoms with Gasteiger partial charge >= 0.3 is 7.91 Å². The van der Waals surface area contributed by atoms with E-state index in [0.29, 0.717) is 0 Å². The molecule has 7 heavy (non-hydrogen) atoms. The molecule has 0 spiro atoms. The highest BCUT2D eigenvalue weighted by Gasteiger charge is 2.04. The molecule has 2 N–H and O–H groups in total. The van der Waals surface area contributed by atoms with E-state index in [1.807, 2.05) is 0 Å². The molecule has 0 saturated carbocycles. The predicted molar refractivity (Wildman–Crippen MR) is 27.6 cm³/mol. The molecular formula is H4Cl2FO3P. The molecule has 0 aliphatic heterocycles. The van der Waals surface area contributed by atoms with Gasteiger partial charge in [0.05, 0.1) is 0 Å². The van der Waals surface area contributed by atoms with Crippen molar-refractivity contribution in [2.45, 2.75) is 0 Å². The summed E-state index contributed by atoms with van der Waals surface area (Å²) in [5.74, 6) is 0. The highest BCUT2D eigenvalue weighted by atomic mass is 35.5. The number of hydrogen-bond acceptors (Lipinski definition) is 1. The Labute approximate surface area is 52.0 Å². The third kappa shape index (κ3) is 332. The molecule has 0 rings (SSSR count). The van der Waals surface area contributed by atoms with E-state index in [4.69, 9.17) is 14.4 Å². The van der Waals surface area contributed by atoms with Gasteiger partial charge in [0.1, 0.15) is 0 Å². The zero-order valence-corrected chi connectivity index (χ0v) is 5.47. The summed E-state index contributed by atoms with van der Waals surface area (Å²) in [7, 11) is -5.14. The van der Waals surface area contributed by atoms with Crippen molar-refractivity contribution in [3.8, 4) is 0 Å². The smallest absolute Gasteiger partial charge is 0.299 e. The Morgan fingerprint density at radius 2 is 1.29 bits per heavy atom. The van der Waals surface area contributed by atoms with Gasteiger partial charge in [-0.3, -0.25) is 9.79 Å². The fourth-order valence-electron chi connectivity index (χ4n) is 0. The van der Waals surface area contributed by atoms with Crippen molar-refractivity contribution in [1.29, 1.82) is 0 Å². The zero-order chi connectivity index (χ0) is 4.50. The van der Waals surface area contributed by atoms with Gasteiger partial charge in [0, 0.05) is 0 Å². The summed E-state index contributed by atoms with van der Waals surface area (Å²) in [5, 5.41) is 0. The standard InChI is InChI=1S/2ClH.FH2O3P/c;;1-5(2,3)4/h2*1H;(H2,2,3,4). The van der Waals surface area contributed by atoms with E-state index < -0.39 is 7.91 Å². The molecule has 0 bridgehead atoms. The largest absolute Gasteiger partial charge is 0.507 e. The van der Waals surface area contributed by atoms with E-state index in [-0.39, 0.29) is 24.8 Å². The van der Waals surface area contributed by atoms with Gasteiger partial charge in [-0.2, -0.15) is 0 Å². The number of halogens is 3. The number of rotatable bonds is 0. The lowest BCUT2D eigenvalue weighted by molar-refractivity contribution is 0.322. The van der Waals surface area contributed by atoms with E-state index in [1.54, 1.807) is 0 Å². The normalized spacial score (nSPS) is 8.43. The first-order valence-electron chi connectivity index (χ1n) is 0.752. The van der Waals surface area contributed by atoms with Crippen molar-refractivity contribution in [1.82, 2.24) is 0 Å². The summed E-state index contributed by atoms with van der Waals surface area (Å²) < 4.78 is 19.0. The summed E-state index contributed by atoms with van der Waals surface area (Å²) in [4.78, 5) is 13.9. The zero-order valence-electron chi connectivity index (χ0n) is 2.94. The van der Waals surface area contributed by atoms with Crippen molar-refractivity contribution in [3.63, 3.8) is 0 Å². The third-order valence-electron chi connectivity index (χ3n) is 0. The fraction of sp³-hybridized carbons (Fsp3) is 0. The van der Waals surface area contributed by atoms with Crippen molar-refractivity contribution in [2.75, 3.05) is 0 Å². The van der Waals surface area contributed by atoms with E-state index in [9.17, 15) is 4.20 Å². The Morgan fingerprint density at radius 3 is 1.29 bits per heavy atom. The first kappa shape index (κ1) is 15.6. The van der Waals surface area contributed by atoms with Crippen LogP contribution in [0.15, 0.2) is 0 Å². The topological polar surface area (TPSA) is 57.5 Å². The maximum absolute atomic E-state index is 10.4. The van der Waals surface area contributed by atoms with Crippen LogP contribution in [-0.2, 0) is 4.57 Å². The molecule has 0 heterocycles. The summed E-state index contributed by atoms with van der Waals surface area (Å²) in [6, 6.07) is 0. The van der Waals surface area contributed by atoms with E-state index in [0.717, 1.165) is 0 Å². The maximum Gasteiger partial charge on any atom is 0.507 e. The van der Waals surface area contributed by atoms with Crippen LogP contribution in [0.1, 0.15) is 0 Å². The molecule has 0 aromatic rings. The van der Waals surface area contributed by atoms with Crippen LogP contribution < -0.4 is 0 Å². The molecule has 0 aromatic carbocycles. The van der Waals surface area contributed by atoms with Gasteiger partial charge in [-0.1, -0.05) is 0 Å². The van der Waals surface area contributed by atoms with Gasteiger partial charge in [0.25, 0.3) is 0 Å². The molecule has 0 atom stereocenters. The monoisotopic (exact) mass is 172 g/mol. The Morgan fingerprint density at radius 1 is 1.29 bits per heavy atom. The fourth-order valence-corrected chi connectivity index (χ4v) is 0. The summed E-state index contributed by atoms with van der Waals surface area (Å²) in [5.41, 5.74) is 0. The molecular weight excluding hydrogens is 169 g/mol. The van der Waals surface area contributed by atoms with Gasteiger partial charge in [-0.15, -0.1) is 29.0 Å². The summed E-state index contributed by atoms with van der Waals surface area (Å²) >= 11 is 0. The quantitative estimate of drug-likeness (QED) is 0.534. The van der Waals surface area contributed by atoms with Gasteiger partial charge in [0.15, 0.2) is 0 Å². The van der Waals surface area contributed by atoms with Crippen molar-refractivity contribution >= 4 is 32.7 Å². The Balaban J connectivity index is -0.0000000800. The van der Waals surface area contributed by atoms with Crippen LogP contribution in [0.3, 0.4) is 0 Å². The van der Waals surface area contributed by atoms with Crippen LogP contribution in [0.5, 0.6) is 0 Å². The Kier molecular flexibility index (Phi) is 10.8. The molecule has 7 heteroatoms. The van der Waals surface area contributed by atoms with Crippen molar-refractivity contribution < 1.29 is 18.5 Å². The molecule has 0 aromatic heterocycles. The second-order valence-electron chi connectivity index (χ2n) is 0.473.